The van der Waals surface area contributed by atoms with Gasteiger partial charge in [0.2, 0.25) is 0 Å². The number of hydrogen-bond donors (Lipinski definition) is 2. The molecular formula is C42H55N3O3. The first-order valence-electron chi connectivity index (χ1n) is 18.5. The van der Waals surface area contributed by atoms with E-state index in [0.717, 1.165) is 56.3 Å². The van der Waals surface area contributed by atoms with Crippen molar-refractivity contribution in [2.24, 2.45) is 44.8 Å². The number of esters is 1. The summed E-state index contributed by atoms with van der Waals surface area (Å²) >= 11 is 0. The van der Waals surface area contributed by atoms with Crippen LogP contribution in [0.25, 0.3) is 5.57 Å². The number of nitrogen functional groups attached to an aromatic ring is 1. The topological polar surface area (TPSA) is 94.1 Å². The first-order chi connectivity index (χ1) is 22.7. The van der Waals surface area contributed by atoms with E-state index in [1.54, 1.807) is 0 Å². The lowest BCUT2D eigenvalue weighted by molar-refractivity contribution is -0.181. The monoisotopic (exact) mass is 649 g/mol. The Balaban J connectivity index is 1.28. The third-order valence-electron chi connectivity index (χ3n) is 15.4. The number of hydrogen-bond acceptors (Lipinski definition) is 5. The Kier molecular flexibility index (Phi) is 6.90. The molecular weight excluding hydrogens is 594 g/mol. The second-order valence-corrected chi connectivity index (χ2v) is 18.5. The number of carbonyl (C=O) groups is 1. The van der Waals surface area contributed by atoms with E-state index in [2.05, 4.69) is 64.7 Å². The Morgan fingerprint density at radius 3 is 2.44 bits per heavy atom. The van der Waals surface area contributed by atoms with Gasteiger partial charge >= 0.3 is 5.97 Å². The molecule has 8 rings (SSSR count). The minimum absolute atomic E-state index is 0.000127. The van der Waals surface area contributed by atoms with Crippen LogP contribution in [0.3, 0.4) is 0 Å². The lowest BCUT2D eigenvalue weighted by atomic mass is 9.33. The average Bonchev–Trinajstić information content (AvgIpc) is 3.71. The van der Waals surface area contributed by atoms with Crippen molar-refractivity contribution in [3.8, 4) is 0 Å². The first-order valence-corrected chi connectivity index (χ1v) is 18.5. The van der Waals surface area contributed by atoms with Gasteiger partial charge in [0.1, 0.15) is 18.2 Å². The number of aromatic nitrogens is 2. The third-order valence-corrected chi connectivity index (χ3v) is 15.4. The van der Waals surface area contributed by atoms with Crippen molar-refractivity contribution in [2.45, 2.75) is 118 Å². The molecule has 2 heterocycles. The molecule has 0 spiro atoms. The van der Waals surface area contributed by atoms with E-state index in [4.69, 9.17) is 14.9 Å². The molecule has 0 bridgehead atoms. The van der Waals surface area contributed by atoms with E-state index in [1.165, 1.54) is 35.2 Å². The highest BCUT2D eigenvalue weighted by Crippen LogP contribution is 2.77. The highest BCUT2D eigenvalue weighted by atomic mass is 16.5. The van der Waals surface area contributed by atoms with Crippen molar-refractivity contribution >= 4 is 17.4 Å². The summed E-state index contributed by atoms with van der Waals surface area (Å²) in [4.78, 5) is 14.6. The highest BCUT2D eigenvalue weighted by Gasteiger charge is 2.70. The zero-order chi connectivity index (χ0) is 33.9. The largest absolute Gasteiger partial charge is 0.465 e. The number of H-pyrrole nitrogens is 1. The van der Waals surface area contributed by atoms with Crippen LogP contribution in [0.5, 0.6) is 0 Å². The van der Waals surface area contributed by atoms with Gasteiger partial charge in [0.15, 0.2) is 0 Å². The average molecular weight is 650 g/mol. The minimum atomic E-state index is -0.520. The Morgan fingerprint density at radius 1 is 0.958 bits per heavy atom. The number of benzene rings is 1. The standard InChI is InChI=1S/C42H55N3O3/c1-37(2)17-19-42(36(46)48-25-26-12-9-8-10-13-26)20-18-41(7)33(29(42)24-37)27(30-14-11-21-47-30)22-32-39(5)23-28-34(44-45-35(28)43)38(3,4)31(39)15-16-40(32,41)6/h8-14,21,29,31-32H,15-20,22-25H2,1-7H3,(H3,43,44,45)/t29?,31?,32?,39-,40+,41+,42-/m0/s1. The molecule has 48 heavy (non-hydrogen) atoms. The predicted molar refractivity (Wildman–Crippen MR) is 190 cm³/mol. The number of carbonyl (C=O) groups excluding carboxylic acids is 1. The van der Waals surface area contributed by atoms with Gasteiger partial charge in [-0.25, -0.2) is 0 Å². The van der Waals surface area contributed by atoms with Gasteiger partial charge in [0.05, 0.1) is 11.7 Å². The normalized spacial score (nSPS) is 37.8. The fourth-order valence-corrected chi connectivity index (χ4v) is 12.7. The van der Waals surface area contributed by atoms with E-state index in [1.807, 2.05) is 42.7 Å². The second-order valence-electron chi connectivity index (χ2n) is 18.5. The van der Waals surface area contributed by atoms with Gasteiger partial charge in [-0.05, 0) is 120 Å². The third kappa shape index (κ3) is 4.22. The Labute approximate surface area is 286 Å². The summed E-state index contributed by atoms with van der Waals surface area (Å²) in [7, 11) is 0. The maximum atomic E-state index is 14.6. The number of fused-ring (bicyclic) bond motifs is 8. The van der Waals surface area contributed by atoms with Crippen molar-refractivity contribution in [3.05, 3.63) is 76.9 Å². The van der Waals surface area contributed by atoms with E-state index < -0.39 is 5.41 Å². The molecule has 0 saturated heterocycles. The molecule has 2 aromatic heterocycles. The summed E-state index contributed by atoms with van der Waals surface area (Å²) in [6.45, 7) is 17.7. The summed E-state index contributed by atoms with van der Waals surface area (Å²) in [6.07, 6.45) is 10.8. The molecule has 0 aliphatic heterocycles. The van der Waals surface area contributed by atoms with Crippen LogP contribution >= 0.6 is 0 Å². The van der Waals surface area contributed by atoms with Crippen LogP contribution in [0, 0.1) is 44.8 Å². The highest BCUT2D eigenvalue weighted by molar-refractivity contribution is 5.81. The number of anilines is 1. The second kappa shape index (κ2) is 10.4. The minimum Gasteiger partial charge on any atom is -0.465 e. The first kappa shape index (κ1) is 32.0. The zero-order valence-corrected chi connectivity index (χ0v) is 30.2. The molecule has 3 unspecified atom stereocenters. The summed E-state index contributed by atoms with van der Waals surface area (Å²) in [5.41, 5.74) is 12.5. The summed E-state index contributed by atoms with van der Waals surface area (Å²) in [5, 5.41) is 7.90. The number of furan rings is 1. The van der Waals surface area contributed by atoms with Gasteiger partial charge in [0.25, 0.3) is 0 Å². The summed E-state index contributed by atoms with van der Waals surface area (Å²) < 4.78 is 12.7. The van der Waals surface area contributed by atoms with Crippen molar-refractivity contribution in [2.75, 3.05) is 5.73 Å². The molecule has 6 heteroatoms. The molecule has 3 fully saturated rings. The number of rotatable bonds is 4. The molecule has 6 nitrogen and oxygen atoms in total. The fourth-order valence-electron chi connectivity index (χ4n) is 12.7. The number of allylic oxidation sites excluding steroid dienone is 2. The molecule has 256 valence electrons. The Morgan fingerprint density at radius 2 is 1.71 bits per heavy atom. The molecule has 7 atom stereocenters. The van der Waals surface area contributed by atoms with Crippen LogP contribution in [0.4, 0.5) is 5.82 Å². The summed E-state index contributed by atoms with van der Waals surface area (Å²) in [5.74, 6) is 2.69. The molecule has 3 saturated carbocycles. The van der Waals surface area contributed by atoms with Crippen LogP contribution in [-0.4, -0.2) is 16.2 Å². The van der Waals surface area contributed by atoms with Crippen molar-refractivity contribution in [1.29, 1.82) is 0 Å². The van der Waals surface area contributed by atoms with E-state index in [-0.39, 0.29) is 39.0 Å². The lowest BCUT2D eigenvalue weighted by Crippen LogP contribution is -2.65. The van der Waals surface area contributed by atoms with E-state index in [0.29, 0.717) is 24.3 Å². The number of nitrogens with one attached hydrogen (secondary N) is 1. The van der Waals surface area contributed by atoms with Crippen molar-refractivity contribution in [1.82, 2.24) is 10.2 Å². The molecule has 1 aromatic carbocycles. The fraction of sp³-hybridized carbons (Fsp3) is 0.619. The number of nitrogens with two attached hydrogens (primary N) is 1. The Hall–Kier alpha value is -3.28. The molecule has 3 aromatic rings. The van der Waals surface area contributed by atoms with E-state index in [9.17, 15) is 4.79 Å². The summed E-state index contributed by atoms with van der Waals surface area (Å²) in [6, 6.07) is 14.4. The quantitative estimate of drug-likeness (QED) is 0.275. The van der Waals surface area contributed by atoms with Crippen LogP contribution in [0.1, 0.15) is 122 Å². The molecule has 0 radical (unpaired) electrons. The maximum absolute atomic E-state index is 14.6. The predicted octanol–water partition coefficient (Wildman–Crippen LogP) is 9.67. The molecule has 3 N–H and O–H groups in total. The molecule has 0 amide bonds. The van der Waals surface area contributed by atoms with Crippen LogP contribution in [-0.2, 0) is 28.0 Å². The van der Waals surface area contributed by atoms with Gasteiger partial charge in [-0.3, -0.25) is 9.89 Å². The van der Waals surface area contributed by atoms with Gasteiger partial charge in [0, 0.05) is 16.7 Å². The van der Waals surface area contributed by atoms with E-state index >= 15 is 0 Å². The molecule has 5 aliphatic rings. The van der Waals surface area contributed by atoms with Crippen molar-refractivity contribution in [3.63, 3.8) is 0 Å². The smallest absolute Gasteiger partial charge is 0.313 e. The SMILES string of the molecule is CC1(C)CC[C@]2(C(=O)OCc3ccccc3)CC[C@]3(C)C(=C(c4ccco4)CC4[C@@]5(C)Cc6c(N)n[nH]c6C(C)(C)C5CC[C@]43C)C2C1. The Bertz CT molecular complexity index is 1770. The van der Waals surface area contributed by atoms with Gasteiger partial charge < -0.3 is 14.9 Å². The zero-order valence-electron chi connectivity index (χ0n) is 30.2. The van der Waals surface area contributed by atoms with Gasteiger partial charge in [-0.1, -0.05) is 84.4 Å². The van der Waals surface area contributed by atoms with Gasteiger partial charge in [-0.15, -0.1) is 0 Å². The van der Waals surface area contributed by atoms with Crippen molar-refractivity contribution < 1.29 is 13.9 Å². The number of aromatic amines is 1. The van der Waals surface area contributed by atoms with Crippen LogP contribution in [0.2, 0.25) is 0 Å². The van der Waals surface area contributed by atoms with Gasteiger partial charge in [-0.2, -0.15) is 5.10 Å². The van der Waals surface area contributed by atoms with Crippen LogP contribution < -0.4 is 5.73 Å². The number of ether oxygens (including phenoxy) is 1. The maximum Gasteiger partial charge on any atom is 0.313 e. The lowest BCUT2D eigenvalue weighted by Gasteiger charge is -2.71. The molecule has 5 aliphatic carbocycles. The van der Waals surface area contributed by atoms with Crippen LogP contribution in [0.15, 0.2) is 58.7 Å². The number of nitrogens with zero attached hydrogens (tertiary/aromatic N) is 1.